The van der Waals surface area contributed by atoms with Crippen LogP contribution in [-0.2, 0) is 0 Å². The third kappa shape index (κ3) is 2.42. The molecule has 1 N–H and O–H groups in total. The lowest BCUT2D eigenvalue weighted by Gasteiger charge is -2.62. The van der Waals surface area contributed by atoms with Crippen LogP contribution in [0, 0.1) is 10.4 Å². The number of rotatable bonds is 1. The Kier molecular flexibility index (Phi) is 3.80. The SMILES string of the molecule is CN1C(C)(C)C(C2(O)CC(C)(C)N([O-])C(C)(C)C2)=[N+]([O-])C1(C)C. The molecule has 0 amide bonds. The van der Waals surface area contributed by atoms with E-state index in [1.807, 2.05) is 67.3 Å². The van der Waals surface area contributed by atoms with Crippen molar-refractivity contribution in [2.24, 2.45) is 0 Å². The Labute approximate surface area is 139 Å². The molecule has 0 atom stereocenters. The Morgan fingerprint density at radius 3 is 1.65 bits per heavy atom. The minimum atomic E-state index is -1.30. The molecule has 0 radical (unpaired) electrons. The van der Waals surface area contributed by atoms with Crippen molar-refractivity contribution in [3.63, 3.8) is 0 Å². The number of piperidine rings is 1. The van der Waals surface area contributed by atoms with Gasteiger partial charge in [0.05, 0.1) is 0 Å². The molecule has 1 fully saturated rings. The van der Waals surface area contributed by atoms with E-state index in [1.54, 1.807) is 0 Å². The van der Waals surface area contributed by atoms with Gasteiger partial charge >= 0.3 is 0 Å². The largest absolute Gasteiger partial charge is 0.784 e. The highest BCUT2D eigenvalue weighted by Crippen LogP contribution is 2.47. The topological polar surface area (TPSA) is 75.8 Å². The predicted octanol–water partition coefficient (Wildman–Crippen LogP) is 2.28. The Bertz CT molecular complexity index is 531. The summed E-state index contributed by atoms with van der Waals surface area (Å²) in [7, 11) is 1.90. The van der Waals surface area contributed by atoms with Crippen LogP contribution in [0.25, 0.3) is 0 Å². The second-order valence-corrected chi connectivity index (χ2v) is 9.56. The molecule has 2 rings (SSSR count). The number of nitrogens with zero attached hydrogens (tertiary/aromatic N) is 3. The third-order valence-corrected chi connectivity index (χ3v) is 5.93. The van der Waals surface area contributed by atoms with E-state index in [-0.39, 0.29) is 12.8 Å². The highest BCUT2D eigenvalue weighted by Gasteiger charge is 2.64. The molecule has 2 aliphatic rings. The molecule has 2 aliphatic heterocycles. The Morgan fingerprint density at radius 1 is 0.957 bits per heavy atom. The molecular weight excluding hydrogens is 294 g/mol. The molecule has 0 spiro atoms. The molecule has 0 aromatic carbocycles. The minimum Gasteiger partial charge on any atom is -0.784 e. The fourth-order valence-electron chi connectivity index (χ4n) is 4.88. The molecule has 1 saturated heterocycles. The maximum absolute atomic E-state index is 13.0. The zero-order valence-corrected chi connectivity index (χ0v) is 16.0. The zero-order valence-electron chi connectivity index (χ0n) is 16.0. The first-order chi connectivity index (χ1) is 10.0. The van der Waals surface area contributed by atoms with Crippen LogP contribution in [0.3, 0.4) is 0 Å². The summed E-state index contributed by atoms with van der Waals surface area (Å²) in [6.07, 6.45) is 0.489. The molecule has 0 bridgehead atoms. The average Bonchev–Trinajstić information content (AvgIpc) is 2.44. The smallest absolute Gasteiger partial charge is 0.224 e. The van der Waals surface area contributed by atoms with Gasteiger partial charge in [0.2, 0.25) is 11.4 Å². The van der Waals surface area contributed by atoms with Gasteiger partial charge in [-0.25, -0.2) is 4.90 Å². The van der Waals surface area contributed by atoms with Crippen molar-refractivity contribution >= 4 is 5.71 Å². The summed E-state index contributed by atoms with van der Waals surface area (Å²) in [5.41, 5.74) is -3.65. The van der Waals surface area contributed by atoms with Crippen LogP contribution < -0.4 is 0 Å². The Balaban J connectivity index is 2.62. The van der Waals surface area contributed by atoms with E-state index in [0.717, 1.165) is 9.80 Å². The van der Waals surface area contributed by atoms with Crippen LogP contribution in [0.2, 0.25) is 0 Å². The van der Waals surface area contributed by atoms with Gasteiger partial charge in [-0.15, -0.1) is 0 Å². The number of hydrogen-bond donors (Lipinski definition) is 1. The lowest BCUT2D eigenvalue weighted by atomic mass is 9.67. The molecule has 23 heavy (non-hydrogen) atoms. The van der Waals surface area contributed by atoms with E-state index in [1.165, 1.54) is 0 Å². The van der Waals surface area contributed by atoms with Gasteiger partial charge in [-0.05, 0) is 48.6 Å². The standard InChI is InChI=1S/C17H32N3O3/c1-13(2)10-17(21,11-14(3,4)20(13)23)12-15(5,6)18(9)16(7,8)19(12)22/h21H,10-11H2,1-9H3/q-1. The van der Waals surface area contributed by atoms with E-state index in [0.29, 0.717) is 5.71 Å². The third-order valence-electron chi connectivity index (χ3n) is 5.93. The van der Waals surface area contributed by atoms with Crippen LogP contribution in [-0.4, -0.2) is 60.4 Å². The van der Waals surface area contributed by atoms with Crippen LogP contribution in [0.5, 0.6) is 0 Å². The van der Waals surface area contributed by atoms with Crippen molar-refractivity contribution in [3.05, 3.63) is 10.4 Å². The van der Waals surface area contributed by atoms with Crippen molar-refractivity contribution in [1.82, 2.24) is 9.96 Å². The molecule has 134 valence electrons. The van der Waals surface area contributed by atoms with Crippen molar-refractivity contribution in [2.45, 2.75) is 96.1 Å². The van der Waals surface area contributed by atoms with Crippen molar-refractivity contribution in [1.29, 1.82) is 0 Å². The van der Waals surface area contributed by atoms with E-state index >= 15 is 0 Å². The van der Waals surface area contributed by atoms with Gasteiger partial charge in [0.25, 0.3) is 0 Å². The van der Waals surface area contributed by atoms with Crippen molar-refractivity contribution in [2.75, 3.05) is 7.05 Å². The second-order valence-electron chi connectivity index (χ2n) is 9.56. The summed E-state index contributed by atoms with van der Waals surface area (Å²) in [6.45, 7) is 15.0. The second kappa shape index (κ2) is 4.69. The first-order valence-electron chi connectivity index (χ1n) is 8.29. The van der Waals surface area contributed by atoms with Gasteiger partial charge in [-0.1, -0.05) is 0 Å². The summed E-state index contributed by atoms with van der Waals surface area (Å²) < 4.78 is 0.958. The van der Waals surface area contributed by atoms with E-state index in [4.69, 9.17) is 0 Å². The van der Waals surface area contributed by atoms with Gasteiger partial charge < -0.3 is 20.6 Å². The predicted molar refractivity (Wildman–Crippen MR) is 92.1 cm³/mol. The molecule has 2 heterocycles. The summed E-state index contributed by atoms with van der Waals surface area (Å²) in [5.74, 6) is 0. The van der Waals surface area contributed by atoms with Crippen LogP contribution in [0.1, 0.15) is 68.2 Å². The normalized spacial score (nSPS) is 32.3. The number of aliphatic hydroxyl groups is 1. The molecule has 0 unspecified atom stereocenters. The molecule has 0 saturated carbocycles. The van der Waals surface area contributed by atoms with Crippen LogP contribution in [0.15, 0.2) is 0 Å². The van der Waals surface area contributed by atoms with Gasteiger partial charge in [0, 0.05) is 37.8 Å². The van der Waals surface area contributed by atoms with Gasteiger partial charge in [-0.2, -0.15) is 4.74 Å². The number of hydroxylamine groups is 3. The summed E-state index contributed by atoms with van der Waals surface area (Å²) in [5, 5.41) is 38.3. The Hall–Kier alpha value is -0.690. The average molecular weight is 326 g/mol. The van der Waals surface area contributed by atoms with Crippen molar-refractivity contribution in [3.8, 4) is 0 Å². The monoisotopic (exact) mass is 326 g/mol. The fourth-order valence-corrected chi connectivity index (χ4v) is 4.88. The van der Waals surface area contributed by atoms with Crippen LogP contribution >= 0.6 is 0 Å². The maximum Gasteiger partial charge on any atom is 0.224 e. The van der Waals surface area contributed by atoms with Crippen LogP contribution in [0.4, 0.5) is 0 Å². The molecule has 0 aliphatic carbocycles. The highest BCUT2D eigenvalue weighted by atomic mass is 16.5. The first kappa shape index (κ1) is 18.6. The van der Waals surface area contributed by atoms with E-state index in [2.05, 4.69) is 0 Å². The van der Waals surface area contributed by atoms with Gasteiger partial charge in [-0.3, -0.25) is 0 Å². The number of hydrogen-bond acceptors (Lipinski definition) is 5. The summed E-state index contributed by atoms with van der Waals surface area (Å²) in [6, 6.07) is 0. The van der Waals surface area contributed by atoms with Crippen molar-refractivity contribution < 1.29 is 9.85 Å². The highest BCUT2D eigenvalue weighted by molar-refractivity contribution is 5.97. The first-order valence-corrected chi connectivity index (χ1v) is 8.29. The quantitative estimate of drug-likeness (QED) is 0.591. The van der Waals surface area contributed by atoms with E-state index in [9.17, 15) is 15.5 Å². The lowest BCUT2D eigenvalue weighted by molar-refractivity contribution is -0.559. The lowest BCUT2D eigenvalue weighted by Crippen LogP contribution is -2.68. The van der Waals surface area contributed by atoms with Gasteiger partial charge in [0.1, 0.15) is 5.54 Å². The summed E-state index contributed by atoms with van der Waals surface area (Å²) in [4.78, 5) is 1.99. The zero-order chi connectivity index (χ0) is 18.2. The van der Waals surface area contributed by atoms with E-state index < -0.39 is 27.9 Å². The molecule has 0 aromatic rings. The minimum absolute atomic E-state index is 0.244. The molecular formula is C17H32N3O3-. The fraction of sp³-hybridized carbons (Fsp3) is 0.941. The molecule has 0 aromatic heterocycles. The Morgan fingerprint density at radius 2 is 1.35 bits per heavy atom. The van der Waals surface area contributed by atoms with Gasteiger partial charge in [0.15, 0.2) is 5.60 Å². The maximum atomic E-state index is 13.0. The molecule has 6 heteroatoms. The molecule has 6 nitrogen and oxygen atoms in total. The summed E-state index contributed by atoms with van der Waals surface area (Å²) >= 11 is 0.